The molecule has 0 bridgehead atoms. The van der Waals surface area contributed by atoms with Gasteiger partial charge in [-0.05, 0) is 17.7 Å². The summed E-state index contributed by atoms with van der Waals surface area (Å²) >= 11 is 1.49. The predicted molar refractivity (Wildman–Crippen MR) is 98.5 cm³/mol. The van der Waals surface area contributed by atoms with E-state index in [9.17, 15) is 4.79 Å². The molecule has 1 amide bonds. The molecule has 0 aliphatic heterocycles. The lowest BCUT2D eigenvalue weighted by molar-refractivity contribution is -0.130. The highest BCUT2D eigenvalue weighted by Gasteiger charge is 2.26. The Kier molecular flexibility index (Phi) is 7.56. The van der Waals surface area contributed by atoms with Crippen LogP contribution in [0.4, 0.5) is 0 Å². The van der Waals surface area contributed by atoms with Crippen LogP contribution in [-0.4, -0.2) is 23.9 Å². The molecule has 0 aliphatic carbocycles. The van der Waals surface area contributed by atoms with Gasteiger partial charge in [-0.1, -0.05) is 48.5 Å². The van der Waals surface area contributed by atoms with Crippen molar-refractivity contribution in [2.75, 3.05) is 13.1 Å². The molecule has 0 heterocycles. The van der Waals surface area contributed by atoms with Crippen molar-refractivity contribution in [3.05, 3.63) is 66.2 Å². The van der Waals surface area contributed by atoms with Crippen LogP contribution in [0.1, 0.15) is 23.7 Å². The van der Waals surface area contributed by atoms with Gasteiger partial charge in [-0.25, -0.2) is 0 Å². The van der Waals surface area contributed by atoms with E-state index < -0.39 is 5.25 Å². The van der Waals surface area contributed by atoms with E-state index in [2.05, 4.69) is 12.1 Å². The van der Waals surface area contributed by atoms with Crippen LogP contribution in [0, 0.1) is 22.7 Å². The number of hydrogen-bond acceptors (Lipinski definition) is 4. The largest absolute Gasteiger partial charge is 0.339 e. The Morgan fingerprint density at radius 3 is 1.96 bits per heavy atom. The van der Waals surface area contributed by atoms with Crippen LogP contribution in [0.5, 0.6) is 0 Å². The minimum absolute atomic E-state index is 0.0643. The van der Waals surface area contributed by atoms with E-state index in [1.807, 2.05) is 60.7 Å². The number of nitriles is 2. The fourth-order valence-corrected chi connectivity index (χ4v) is 3.52. The van der Waals surface area contributed by atoms with Crippen molar-refractivity contribution in [2.24, 2.45) is 0 Å². The van der Waals surface area contributed by atoms with Gasteiger partial charge in [-0.15, -0.1) is 11.8 Å². The number of rotatable bonds is 8. The Bertz CT molecular complexity index is 732. The fourth-order valence-electron chi connectivity index (χ4n) is 2.39. The summed E-state index contributed by atoms with van der Waals surface area (Å²) in [7, 11) is 0. The van der Waals surface area contributed by atoms with E-state index in [0.717, 1.165) is 10.5 Å². The first-order chi connectivity index (χ1) is 12.3. The van der Waals surface area contributed by atoms with Crippen LogP contribution < -0.4 is 0 Å². The second kappa shape index (κ2) is 10.2. The Labute approximate surface area is 152 Å². The van der Waals surface area contributed by atoms with Crippen LogP contribution in [-0.2, 0) is 4.79 Å². The lowest BCUT2D eigenvalue weighted by atomic mass is 10.1. The minimum atomic E-state index is -0.402. The third kappa shape index (κ3) is 5.67. The average molecular weight is 349 g/mol. The SMILES string of the molecule is N#CCCN(CCC#N)C(=O)C(Sc1ccccc1)c1ccccc1. The molecule has 0 saturated heterocycles. The molecule has 0 N–H and O–H groups in total. The maximum Gasteiger partial charge on any atom is 0.240 e. The molecule has 1 unspecified atom stereocenters. The molecule has 4 nitrogen and oxygen atoms in total. The van der Waals surface area contributed by atoms with Crippen LogP contribution in [0.2, 0.25) is 0 Å². The Balaban J connectivity index is 2.27. The van der Waals surface area contributed by atoms with Gasteiger partial charge in [0.2, 0.25) is 5.91 Å². The molecule has 126 valence electrons. The van der Waals surface area contributed by atoms with E-state index in [-0.39, 0.29) is 18.7 Å². The van der Waals surface area contributed by atoms with Crippen molar-refractivity contribution in [1.29, 1.82) is 10.5 Å². The van der Waals surface area contributed by atoms with Gasteiger partial charge in [-0.3, -0.25) is 4.79 Å². The van der Waals surface area contributed by atoms with Gasteiger partial charge in [-0.2, -0.15) is 10.5 Å². The number of carbonyl (C=O) groups is 1. The molecule has 0 aromatic heterocycles. The van der Waals surface area contributed by atoms with Crippen molar-refractivity contribution < 1.29 is 4.79 Å². The summed E-state index contributed by atoms with van der Waals surface area (Å²) in [6.45, 7) is 0.686. The van der Waals surface area contributed by atoms with Crippen LogP contribution in [0.25, 0.3) is 0 Å². The van der Waals surface area contributed by atoms with Crippen molar-refractivity contribution >= 4 is 17.7 Å². The molecule has 0 fully saturated rings. The molecule has 0 spiro atoms. The number of benzene rings is 2. The van der Waals surface area contributed by atoms with Gasteiger partial charge in [0.05, 0.1) is 25.0 Å². The first kappa shape index (κ1) is 18.6. The summed E-state index contributed by atoms with van der Waals surface area (Å²) in [4.78, 5) is 15.8. The van der Waals surface area contributed by atoms with Crippen LogP contribution in [0.15, 0.2) is 65.6 Å². The molecule has 0 radical (unpaired) electrons. The number of hydrogen-bond donors (Lipinski definition) is 0. The predicted octanol–water partition coefficient (Wildman–Crippen LogP) is 4.18. The zero-order valence-corrected chi connectivity index (χ0v) is 14.7. The van der Waals surface area contributed by atoms with E-state index in [0.29, 0.717) is 13.1 Å². The lowest BCUT2D eigenvalue weighted by Gasteiger charge is -2.26. The van der Waals surface area contributed by atoms with E-state index in [1.54, 1.807) is 4.90 Å². The monoisotopic (exact) mass is 349 g/mol. The molecule has 1 atom stereocenters. The molecule has 2 rings (SSSR count). The summed E-state index contributed by atoms with van der Waals surface area (Å²) in [6.07, 6.45) is 0.517. The lowest BCUT2D eigenvalue weighted by Crippen LogP contribution is -2.35. The molecule has 2 aromatic carbocycles. The minimum Gasteiger partial charge on any atom is -0.339 e. The maximum absolute atomic E-state index is 13.1. The highest BCUT2D eigenvalue weighted by atomic mass is 32.2. The van der Waals surface area contributed by atoms with Crippen LogP contribution in [0.3, 0.4) is 0 Å². The standard InChI is InChI=1S/C20H19N3OS/c21-13-7-15-23(16-8-14-22)20(24)19(17-9-3-1-4-10-17)25-18-11-5-2-6-12-18/h1-6,9-12,19H,7-8,15-16H2. The average Bonchev–Trinajstić information content (AvgIpc) is 2.67. The van der Waals surface area contributed by atoms with Gasteiger partial charge < -0.3 is 4.90 Å². The summed E-state index contributed by atoms with van der Waals surface area (Å²) in [5.74, 6) is -0.0643. The topological polar surface area (TPSA) is 67.9 Å². The second-order valence-electron chi connectivity index (χ2n) is 5.36. The highest BCUT2D eigenvalue weighted by Crippen LogP contribution is 2.36. The van der Waals surface area contributed by atoms with Gasteiger partial charge in [0, 0.05) is 18.0 Å². The van der Waals surface area contributed by atoms with E-state index in [4.69, 9.17) is 10.5 Å². The van der Waals surface area contributed by atoms with Crippen molar-refractivity contribution in [1.82, 2.24) is 4.90 Å². The van der Waals surface area contributed by atoms with Crippen molar-refractivity contribution in [3.8, 4) is 12.1 Å². The molecular weight excluding hydrogens is 330 g/mol. The molecule has 2 aromatic rings. The number of carbonyl (C=O) groups excluding carboxylic acids is 1. The third-order valence-electron chi connectivity index (χ3n) is 3.62. The summed E-state index contributed by atoms with van der Waals surface area (Å²) in [5.41, 5.74) is 0.917. The summed E-state index contributed by atoms with van der Waals surface area (Å²) in [5, 5.41) is 17.3. The van der Waals surface area contributed by atoms with Crippen molar-refractivity contribution in [3.63, 3.8) is 0 Å². The maximum atomic E-state index is 13.1. The molecule has 0 aliphatic rings. The third-order valence-corrected chi connectivity index (χ3v) is 4.88. The molecular formula is C20H19N3OS. The Morgan fingerprint density at radius 1 is 0.920 bits per heavy atom. The molecule has 0 saturated carbocycles. The summed E-state index contributed by atoms with van der Waals surface area (Å²) in [6, 6.07) is 23.5. The van der Waals surface area contributed by atoms with Crippen LogP contribution >= 0.6 is 11.8 Å². The molecule has 25 heavy (non-hydrogen) atoms. The van der Waals surface area contributed by atoms with E-state index in [1.165, 1.54) is 11.8 Å². The zero-order chi connectivity index (χ0) is 17.9. The number of amides is 1. The van der Waals surface area contributed by atoms with Gasteiger partial charge in [0.1, 0.15) is 5.25 Å². The second-order valence-corrected chi connectivity index (χ2v) is 6.54. The first-order valence-electron chi connectivity index (χ1n) is 8.05. The molecule has 5 heteroatoms. The zero-order valence-electron chi connectivity index (χ0n) is 13.8. The number of nitrogens with zero attached hydrogens (tertiary/aromatic N) is 3. The number of thioether (sulfide) groups is 1. The van der Waals surface area contributed by atoms with Gasteiger partial charge in [0.15, 0.2) is 0 Å². The van der Waals surface area contributed by atoms with Crippen molar-refractivity contribution in [2.45, 2.75) is 23.0 Å². The van der Waals surface area contributed by atoms with Gasteiger partial charge >= 0.3 is 0 Å². The first-order valence-corrected chi connectivity index (χ1v) is 8.93. The normalized spacial score (nSPS) is 11.1. The smallest absolute Gasteiger partial charge is 0.240 e. The summed E-state index contributed by atoms with van der Waals surface area (Å²) < 4.78 is 0. The Morgan fingerprint density at radius 2 is 1.44 bits per heavy atom. The van der Waals surface area contributed by atoms with E-state index >= 15 is 0 Å². The quantitative estimate of drug-likeness (QED) is 0.671. The highest BCUT2D eigenvalue weighted by molar-refractivity contribution is 8.00. The Hall–Kier alpha value is -2.76. The van der Waals surface area contributed by atoms with Gasteiger partial charge in [0.25, 0.3) is 0 Å². The fraction of sp³-hybridized carbons (Fsp3) is 0.250.